The summed E-state index contributed by atoms with van der Waals surface area (Å²) >= 11 is 0. The molecule has 0 aromatic heterocycles. The molecule has 0 aliphatic heterocycles. The summed E-state index contributed by atoms with van der Waals surface area (Å²) in [7, 11) is 3.55. The average Bonchev–Trinajstić information content (AvgIpc) is 3.05. The maximum Gasteiger partial charge on any atom is 0.305 e. The van der Waals surface area contributed by atoms with Gasteiger partial charge in [0.25, 0.3) is 0 Å². The molecule has 0 aliphatic carbocycles. The van der Waals surface area contributed by atoms with E-state index in [1.807, 2.05) is 0 Å². The van der Waals surface area contributed by atoms with Crippen molar-refractivity contribution in [2.24, 2.45) is 5.73 Å². The van der Waals surface area contributed by atoms with Crippen LogP contribution in [0.1, 0.15) is 6.42 Å². The van der Waals surface area contributed by atoms with Crippen molar-refractivity contribution in [3.63, 3.8) is 0 Å². The lowest BCUT2D eigenvalue weighted by atomic mass is 10.5. The molecule has 17 heteroatoms. The molecule has 15 nitrogen and oxygen atoms in total. The molecule has 46 heavy (non-hydrogen) atoms. The highest BCUT2D eigenvalue weighted by atomic mass is 33.1. The number of rotatable bonds is 42. The molecule has 0 saturated heterocycles. The lowest BCUT2D eigenvalue weighted by molar-refractivity contribution is -0.138. The van der Waals surface area contributed by atoms with Crippen molar-refractivity contribution < 1.29 is 66.7 Å². The van der Waals surface area contributed by atoms with Crippen LogP contribution in [0.5, 0.6) is 0 Å². The van der Waals surface area contributed by atoms with Gasteiger partial charge in [-0.15, -0.1) is 0 Å². The third-order valence-electron chi connectivity index (χ3n) is 5.15. The summed E-state index contributed by atoms with van der Waals surface area (Å²) in [4.78, 5) is 10.3. The second-order valence-corrected chi connectivity index (χ2v) is 11.6. The molecule has 0 rings (SSSR count). The van der Waals surface area contributed by atoms with Crippen LogP contribution in [0, 0.1) is 0 Å². The van der Waals surface area contributed by atoms with Crippen LogP contribution >= 0.6 is 21.6 Å². The SMILES string of the molecule is NCCSSCCOCCOCCOCCOCCOCCOCCOCCOCCOCCOCCOCCOCCC(=O)O. The van der Waals surface area contributed by atoms with E-state index in [1.165, 1.54) is 0 Å². The Kier molecular flexibility index (Phi) is 42.3. The normalized spacial score (nSPS) is 11.5. The average molecular weight is 710 g/mol. The highest BCUT2D eigenvalue weighted by molar-refractivity contribution is 8.76. The molecule has 0 heterocycles. The third-order valence-corrected chi connectivity index (χ3v) is 7.55. The molecule has 0 aromatic rings. The summed E-state index contributed by atoms with van der Waals surface area (Å²) in [6.45, 7) is 12.5. The van der Waals surface area contributed by atoms with Crippen LogP contribution in [0.4, 0.5) is 0 Å². The van der Waals surface area contributed by atoms with Gasteiger partial charge in [0.05, 0.1) is 165 Å². The van der Waals surface area contributed by atoms with Gasteiger partial charge in [0.2, 0.25) is 0 Å². The second-order valence-electron chi connectivity index (χ2n) is 8.92. The molecule has 0 amide bonds. The van der Waals surface area contributed by atoms with Gasteiger partial charge in [-0.3, -0.25) is 4.79 Å². The van der Waals surface area contributed by atoms with Gasteiger partial charge in [0.15, 0.2) is 0 Å². The van der Waals surface area contributed by atoms with E-state index in [9.17, 15) is 4.79 Å². The van der Waals surface area contributed by atoms with Gasteiger partial charge in [-0.2, -0.15) is 0 Å². The second kappa shape index (κ2) is 42.7. The van der Waals surface area contributed by atoms with E-state index in [1.54, 1.807) is 21.6 Å². The first-order chi connectivity index (χ1) is 22.8. The number of nitrogens with two attached hydrogens (primary N) is 1. The Labute approximate surface area is 282 Å². The maximum atomic E-state index is 10.3. The Morgan fingerprint density at radius 1 is 0.370 bits per heavy atom. The molecule has 3 N–H and O–H groups in total. The summed E-state index contributed by atoms with van der Waals surface area (Å²) in [6.07, 6.45) is -0.00233. The van der Waals surface area contributed by atoms with Crippen molar-refractivity contribution in [1.82, 2.24) is 0 Å². The molecule has 0 atom stereocenters. The Morgan fingerprint density at radius 2 is 0.587 bits per heavy atom. The van der Waals surface area contributed by atoms with Gasteiger partial charge >= 0.3 is 5.97 Å². The van der Waals surface area contributed by atoms with Crippen molar-refractivity contribution >= 4 is 27.6 Å². The number of ether oxygens (including phenoxy) is 12. The zero-order valence-corrected chi connectivity index (χ0v) is 29.1. The topological polar surface area (TPSA) is 174 Å². The van der Waals surface area contributed by atoms with Gasteiger partial charge in [-0.1, -0.05) is 21.6 Å². The van der Waals surface area contributed by atoms with Crippen LogP contribution in [0.2, 0.25) is 0 Å². The highest BCUT2D eigenvalue weighted by Gasteiger charge is 1.98. The molecular weight excluding hydrogens is 650 g/mol. The molecular formula is C29H59NO14S2. The van der Waals surface area contributed by atoms with Gasteiger partial charge in [-0.05, 0) is 0 Å². The molecule has 0 radical (unpaired) electrons. The fraction of sp³-hybridized carbons (Fsp3) is 0.966. The monoisotopic (exact) mass is 709 g/mol. The Morgan fingerprint density at radius 3 is 0.826 bits per heavy atom. The van der Waals surface area contributed by atoms with Gasteiger partial charge in [-0.25, -0.2) is 0 Å². The van der Waals surface area contributed by atoms with Crippen molar-refractivity contribution in [3.05, 3.63) is 0 Å². The van der Waals surface area contributed by atoms with Crippen LogP contribution in [0.25, 0.3) is 0 Å². The zero-order chi connectivity index (χ0) is 33.3. The molecule has 0 bridgehead atoms. The minimum absolute atomic E-state index is 0.00233. The van der Waals surface area contributed by atoms with Gasteiger partial charge < -0.3 is 67.7 Å². The fourth-order valence-electron chi connectivity index (χ4n) is 2.94. The van der Waals surface area contributed by atoms with E-state index < -0.39 is 5.97 Å². The number of hydrogen-bond acceptors (Lipinski definition) is 16. The number of hydrogen-bond donors (Lipinski definition) is 2. The maximum absolute atomic E-state index is 10.3. The van der Waals surface area contributed by atoms with Crippen LogP contribution in [-0.2, 0) is 61.6 Å². The first kappa shape index (κ1) is 45.6. The molecule has 0 unspecified atom stereocenters. The third kappa shape index (κ3) is 43.6. The first-order valence-electron chi connectivity index (χ1n) is 15.9. The predicted molar refractivity (Wildman–Crippen MR) is 176 cm³/mol. The van der Waals surface area contributed by atoms with Crippen molar-refractivity contribution in [3.8, 4) is 0 Å². The molecule has 0 fully saturated rings. The van der Waals surface area contributed by atoms with E-state index >= 15 is 0 Å². The summed E-state index contributed by atoms with van der Waals surface area (Å²) in [5.41, 5.74) is 5.43. The first-order valence-corrected chi connectivity index (χ1v) is 18.3. The lowest BCUT2D eigenvalue weighted by Gasteiger charge is -2.09. The molecule has 276 valence electrons. The molecule has 0 aromatic carbocycles. The Bertz CT molecular complexity index is 590. The number of carboxylic acid groups (broad SMARTS) is 1. The van der Waals surface area contributed by atoms with Crippen molar-refractivity contribution in [2.45, 2.75) is 6.42 Å². The predicted octanol–water partition coefficient (Wildman–Crippen LogP) is 1.00. The lowest BCUT2D eigenvalue weighted by Crippen LogP contribution is -2.15. The molecule has 0 spiro atoms. The van der Waals surface area contributed by atoms with E-state index in [0.29, 0.717) is 152 Å². The number of carboxylic acids is 1. The summed E-state index contributed by atoms with van der Waals surface area (Å²) in [6, 6.07) is 0. The summed E-state index contributed by atoms with van der Waals surface area (Å²) in [5, 5.41) is 8.48. The number of carbonyl (C=O) groups is 1. The largest absolute Gasteiger partial charge is 0.481 e. The Balaban J connectivity index is 3.04. The quantitative estimate of drug-likeness (QED) is 0.0678. The fourth-order valence-corrected chi connectivity index (χ4v) is 4.66. The number of aliphatic carboxylic acids is 1. The smallest absolute Gasteiger partial charge is 0.305 e. The van der Waals surface area contributed by atoms with E-state index in [0.717, 1.165) is 18.1 Å². The van der Waals surface area contributed by atoms with Gasteiger partial charge in [0.1, 0.15) is 0 Å². The molecule has 0 saturated carbocycles. The van der Waals surface area contributed by atoms with E-state index in [-0.39, 0.29) is 13.0 Å². The van der Waals surface area contributed by atoms with Crippen molar-refractivity contribution in [2.75, 3.05) is 177 Å². The van der Waals surface area contributed by atoms with Crippen LogP contribution < -0.4 is 5.73 Å². The highest BCUT2D eigenvalue weighted by Crippen LogP contribution is 2.19. The van der Waals surface area contributed by atoms with Crippen molar-refractivity contribution in [1.29, 1.82) is 0 Å². The van der Waals surface area contributed by atoms with Crippen LogP contribution in [0.3, 0.4) is 0 Å². The standard InChI is InChI=1S/C29H59NO14S2/c30-2-27-45-46-28-26-44-25-24-43-23-22-42-21-20-41-19-18-40-17-16-39-15-14-38-13-12-37-11-10-36-9-8-35-7-6-34-5-4-33-3-1-29(31)32/h1-28,30H2,(H,31,32). The van der Waals surface area contributed by atoms with Crippen LogP contribution in [0.15, 0.2) is 0 Å². The summed E-state index contributed by atoms with van der Waals surface area (Å²) < 4.78 is 65.0. The minimum atomic E-state index is -0.874. The Hall–Kier alpha value is -0.350. The minimum Gasteiger partial charge on any atom is -0.481 e. The van der Waals surface area contributed by atoms with Crippen LogP contribution in [-0.4, -0.2) is 188 Å². The van der Waals surface area contributed by atoms with E-state index in [4.69, 9.17) is 67.7 Å². The van der Waals surface area contributed by atoms with E-state index in [2.05, 4.69) is 0 Å². The molecule has 0 aliphatic rings. The van der Waals surface area contributed by atoms with Gasteiger partial charge in [0, 0.05) is 18.1 Å². The zero-order valence-electron chi connectivity index (χ0n) is 27.4. The summed E-state index contributed by atoms with van der Waals surface area (Å²) in [5.74, 6) is 1.05.